The smallest absolute Gasteiger partial charge is 0.265 e. The number of hydrogen-bond donors (Lipinski definition) is 0. The Hall–Kier alpha value is -1.43. The van der Waals surface area contributed by atoms with E-state index in [1.165, 1.54) is 11.3 Å². The van der Waals surface area contributed by atoms with E-state index in [0.29, 0.717) is 32.1 Å². The highest BCUT2D eigenvalue weighted by Crippen LogP contribution is 2.26. The van der Waals surface area contributed by atoms with Crippen LogP contribution in [0.25, 0.3) is 0 Å². The predicted octanol–water partition coefficient (Wildman–Crippen LogP) is 2.52. The van der Waals surface area contributed by atoms with Crippen LogP contribution in [-0.4, -0.2) is 52.8 Å². The minimum Gasteiger partial charge on any atom is -0.339 e. The van der Waals surface area contributed by atoms with Crippen molar-refractivity contribution in [2.24, 2.45) is 5.92 Å². The Morgan fingerprint density at radius 3 is 2.05 bits per heavy atom. The van der Waals surface area contributed by atoms with Gasteiger partial charge in [0.1, 0.15) is 4.88 Å². The zero-order valence-electron chi connectivity index (χ0n) is 14.0. The fraction of sp³-hybridized carbons (Fsp3) is 0.688. The Bertz CT molecular complexity index is 558. The first-order valence-electron chi connectivity index (χ1n) is 7.86. The number of carbonyl (C=O) groups is 2. The van der Waals surface area contributed by atoms with E-state index in [-0.39, 0.29) is 17.7 Å². The molecule has 22 heavy (non-hydrogen) atoms. The van der Waals surface area contributed by atoms with Crippen molar-refractivity contribution >= 4 is 23.2 Å². The number of carbonyl (C=O) groups excluding carboxylic acids is 2. The maximum Gasteiger partial charge on any atom is 0.265 e. The number of piperazine rings is 1. The summed E-state index contributed by atoms with van der Waals surface area (Å²) in [5.41, 5.74) is 0.819. The van der Waals surface area contributed by atoms with Gasteiger partial charge in [-0.25, -0.2) is 4.98 Å². The highest BCUT2D eigenvalue weighted by Gasteiger charge is 2.28. The molecule has 2 amide bonds. The van der Waals surface area contributed by atoms with Gasteiger partial charge >= 0.3 is 0 Å². The number of aromatic nitrogens is 1. The summed E-state index contributed by atoms with van der Waals surface area (Å²) >= 11 is 1.50. The molecule has 0 aliphatic carbocycles. The van der Waals surface area contributed by atoms with Crippen LogP contribution in [0.15, 0.2) is 0 Å². The lowest BCUT2D eigenvalue weighted by Gasteiger charge is -2.35. The van der Waals surface area contributed by atoms with Gasteiger partial charge < -0.3 is 9.80 Å². The van der Waals surface area contributed by atoms with Crippen LogP contribution in [0.2, 0.25) is 0 Å². The van der Waals surface area contributed by atoms with Gasteiger partial charge in [-0.1, -0.05) is 27.7 Å². The molecule has 0 N–H and O–H groups in total. The van der Waals surface area contributed by atoms with Crippen molar-refractivity contribution in [3.05, 3.63) is 15.6 Å². The average molecular weight is 323 g/mol. The van der Waals surface area contributed by atoms with Crippen LogP contribution in [0.3, 0.4) is 0 Å². The number of rotatable bonds is 3. The molecule has 0 aromatic carbocycles. The highest BCUT2D eigenvalue weighted by atomic mass is 32.1. The lowest BCUT2D eigenvalue weighted by molar-refractivity contribution is -0.135. The van der Waals surface area contributed by atoms with Crippen molar-refractivity contribution in [1.29, 1.82) is 0 Å². The molecule has 1 aliphatic rings. The largest absolute Gasteiger partial charge is 0.339 e. The molecule has 5 nitrogen and oxygen atoms in total. The SMILES string of the molecule is Cc1nc(C(C)C)sc1C(=O)N1CCN(C(=O)C(C)C)CC1. The summed E-state index contributed by atoms with van der Waals surface area (Å²) in [5.74, 6) is 0.576. The van der Waals surface area contributed by atoms with Crippen molar-refractivity contribution in [3.8, 4) is 0 Å². The first-order chi connectivity index (χ1) is 10.3. The molecule has 0 unspecified atom stereocenters. The van der Waals surface area contributed by atoms with Crippen LogP contribution in [0.5, 0.6) is 0 Å². The topological polar surface area (TPSA) is 53.5 Å². The maximum absolute atomic E-state index is 12.7. The molecule has 0 saturated carbocycles. The summed E-state index contributed by atoms with van der Waals surface area (Å²) in [5, 5.41) is 1.01. The molecule has 2 rings (SSSR count). The van der Waals surface area contributed by atoms with E-state index in [1.807, 2.05) is 30.6 Å². The van der Waals surface area contributed by atoms with E-state index in [0.717, 1.165) is 15.6 Å². The van der Waals surface area contributed by atoms with E-state index >= 15 is 0 Å². The van der Waals surface area contributed by atoms with Crippen LogP contribution >= 0.6 is 11.3 Å². The standard InChI is InChI=1S/C16H25N3O2S/c1-10(2)14-17-12(5)13(22-14)16(21)19-8-6-18(7-9-19)15(20)11(3)4/h10-11H,6-9H2,1-5H3. The van der Waals surface area contributed by atoms with Crippen molar-refractivity contribution in [1.82, 2.24) is 14.8 Å². The second kappa shape index (κ2) is 6.77. The lowest BCUT2D eigenvalue weighted by atomic mass is 10.1. The molecule has 0 radical (unpaired) electrons. The minimum absolute atomic E-state index is 0.0135. The van der Waals surface area contributed by atoms with E-state index in [4.69, 9.17) is 0 Å². The normalized spacial score (nSPS) is 15.8. The van der Waals surface area contributed by atoms with Gasteiger partial charge in [-0.05, 0) is 6.92 Å². The van der Waals surface area contributed by atoms with Crippen molar-refractivity contribution in [3.63, 3.8) is 0 Å². The maximum atomic E-state index is 12.7. The monoisotopic (exact) mass is 323 g/mol. The summed E-state index contributed by atoms with van der Waals surface area (Å²) in [4.78, 5) is 33.6. The number of amides is 2. The third-order valence-electron chi connectivity index (χ3n) is 3.87. The molecule has 1 aromatic rings. The molecule has 1 aliphatic heterocycles. The van der Waals surface area contributed by atoms with Gasteiger partial charge in [-0.15, -0.1) is 11.3 Å². The predicted molar refractivity (Wildman–Crippen MR) is 88.3 cm³/mol. The number of nitrogens with zero attached hydrogens (tertiary/aromatic N) is 3. The van der Waals surface area contributed by atoms with Crippen LogP contribution in [0.1, 0.15) is 54.0 Å². The molecule has 1 aromatic heterocycles. The van der Waals surface area contributed by atoms with Gasteiger partial charge in [-0.2, -0.15) is 0 Å². The highest BCUT2D eigenvalue weighted by molar-refractivity contribution is 7.13. The third-order valence-corrected chi connectivity index (χ3v) is 5.32. The van der Waals surface area contributed by atoms with Gasteiger partial charge in [-0.3, -0.25) is 9.59 Å². The first-order valence-corrected chi connectivity index (χ1v) is 8.68. The Labute approximate surface area is 136 Å². The second-order valence-electron chi connectivity index (χ2n) is 6.39. The Kier molecular flexibility index (Phi) is 5.21. The zero-order valence-corrected chi connectivity index (χ0v) is 14.9. The zero-order chi connectivity index (χ0) is 16.4. The van der Waals surface area contributed by atoms with E-state index in [1.54, 1.807) is 0 Å². The summed E-state index contributed by atoms with van der Waals surface area (Å²) in [6.07, 6.45) is 0. The minimum atomic E-state index is 0.0135. The number of hydrogen-bond acceptors (Lipinski definition) is 4. The molecule has 0 atom stereocenters. The van der Waals surface area contributed by atoms with E-state index < -0.39 is 0 Å². The Morgan fingerprint density at radius 2 is 1.59 bits per heavy atom. The number of thiazole rings is 1. The molecule has 1 saturated heterocycles. The molecule has 6 heteroatoms. The van der Waals surface area contributed by atoms with Crippen molar-refractivity contribution < 1.29 is 9.59 Å². The lowest BCUT2D eigenvalue weighted by Crippen LogP contribution is -2.51. The molecule has 1 fully saturated rings. The second-order valence-corrected chi connectivity index (χ2v) is 7.42. The molecule has 0 bridgehead atoms. The molecular formula is C16H25N3O2S. The van der Waals surface area contributed by atoms with Crippen LogP contribution in [-0.2, 0) is 4.79 Å². The van der Waals surface area contributed by atoms with Crippen LogP contribution in [0, 0.1) is 12.8 Å². The summed E-state index contributed by atoms with van der Waals surface area (Å²) < 4.78 is 0. The van der Waals surface area contributed by atoms with Gasteiger partial charge in [0.05, 0.1) is 10.7 Å². The van der Waals surface area contributed by atoms with Gasteiger partial charge in [0.15, 0.2) is 0 Å². The van der Waals surface area contributed by atoms with Crippen LogP contribution in [0.4, 0.5) is 0 Å². The quantitative estimate of drug-likeness (QED) is 0.859. The van der Waals surface area contributed by atoms with Gasteiger partial charge in [0.25, 0.3) is 5.91 Å². The van der Waals surface area contributed by atoms with Gasteiger partial charge in [0, 0.05) is 38.0 Å². The summed E-state index contributed by atoms with van der Waals surface area (Å²) in [6, 6.07) is 0. The van der Waals surface area contributed by atoms with Crippen molar-refractivity contribution in [2.75, 3.05) is 26.2 Å². The molecule has 0 spiro atoms. The first kappa shape index (κ1) is 16.9. The summed E-state index contributed by atoms with van der Waals surface area (Å²) in [7, 11) is 0. The van der Waals surface area contributed by atoms with Crippen LogP contribution < -0.4 is 0 Å². The van der Waals surface area contributed by atoms with Crippen molar-refractivity contribution in [2.45, 2.75) is 40.5 Å². The van der Waals surface area contributed by atoms with E-state index in [2.05, 4.69) is 18.8 Å². The van der Waals surface area contributed by atoms with Gasteiger partial charge in [0.2, 0.25) is 5.91 Å². The summed E-state index contributed by atoms with van der Waals surface area (Å²) in [6.45, 7) is 12.3. The molecule has 2 heterocycles. The third kappa shape index (κ3) is 3.48. The number of aryl methyl sites for hydroxylation is 1. The fourth-order valence-corrected chi connectivity index (χ4v) is 3.54. The molecular weight excluding hydrogens is 298 g/mol. The molecule has 122 valence electrons. The Balaban J connectivity index is 2.02. The fourth-order valence-electron chi connectivity index (χ4n) is 2.50. The van der Waals surface area contributed by atoms with E-state index in [9.17, 15) is 9.59 Å². The average Bonchev–Trinajstić information content (AvgIpc) is 2.88. The Morgan fingerprint density at radius 1 is 1.05 bits per heavy atom.